The quantitative estimate of drug-likeness (QED) is 0.615. The minimum atomic E-state index is -0.858. The van der Waals surface area contributed by atoms with Crippen molar-refractivity contribution in [1.29, 1.82) is 0 Å². The molecule has 0 radical (unpaired) electrons. The van der Waals surface area contributed by atoms with Crippen LogP contribution in [0.2, 0.25) is 0 Å². The van der Waals surface area contributed by atoms with Crippen molar-refractivity contribution in [3.8, 4) is 0 Å². The van der Waals surface area contributed by atoms with E-state index in [-0.39, 0.29) is 0 Å². The lowest BCUT2D eigenvalue weighted by atomic mass is 10.4. The van der Waals surface area contributed by atoms with E-state index in [9.17, 15) is 4.79 Å². The minimum absolute atomic E-state index is 0.389. The molecule has 0 fully saturated rings. The number of aromatic carboxylic acids is 1. The Hall–Kier alpha value is -0.910. The zero-order valence-electron chi connectivity index (χ0n) is 7.82. The summed E-state index contributed by atoms with van der Waals surface area (Å²) in [6.45, 7) is 2.27. The Morgan fingerprint density at radius 3 is 2.93 bits per heavy atom. The number of nitrogens with two attached hydrogens (primary N) is 1. The summed E-state index contributed by atoms with van der Waals surface area (Å²) in [6.07, 6.45) is 0.942. The maximum absolute atomic E-state index is 10.6. The fourth-order valence-corrected chi connectivity index (χ4v) is 1.84. The van der Waals surface area contributed by atoms with Crippen molar-refractivity contribution in [3.63, 3.8) is 0 Å². The van der Waals surface area contributed by atoms with Crippen LogP contribution in [-0.2, 0) is 6.54 Å². The van der Waals surface area contributed by atoms with Crippen LogP contribution in [0.3, 0.4) is 0 Å². The SMILES string of the molecule is NCCCNCc1ccc(C(=O)O)s1. The van der Waals surface area contributed by atoms with Crippen molar-refractivity contribution < 1.29 is 9.90 Å². The predicted octanol–water partition coefficient (Wildman–Crippen LogP) is 0.885. The molecule has 5 heteroatoms. The van der Waals surface area contributed by atoms with Crippen LogP contribution in [-0.4, -0.2) is 24.2 Å². The van der Waals surface area contributed by atoms with Gasteiger partial charge in [0.1, 0.15) is 4.88 Å². The van der Waals surface area contributed by atoms with Gasteiger partial charge in [0.25, 0.3) is 0 Å². The van der Waals surface area contributed by atoms with Gasteiger partial charge in [-0.1, -0.05) is 0 Å². The summed E-state index contributed by atoms with van der Waals surface area (Å²) >= 11 is 1.31. The van der Waals surface area contributed by atoms with Crippen molar-refractivity contribution in [2.45, 2.75) is 13.0 Å². The number of carbonyl (C=O) groups is 1. The molecule has 4 N–H and O–H groups in total. The lowest BCUT2D eigenvalue weighted by Gasteiger charge is -1.99. The van der Waals surface area contributed by atoms with Gasteiger partial charge in [0, 0.05) is 11.4 Å². The van der Waals surface area contributed by atoms with E-state index >= 15 is 0 Å². The lowest BCUT2D eigenvalue weighted by molar-refractivity contribution is 0.0702. The lowest BCUT2D eigenvalue weighted by Crippen LogP contribution is -2.17. The van der Waals surface area contributed by atoms with E-state index in [1.165, 1.54) is 11.3 Å². The Bertz CT molecular complexity index is 299. The first-order chi connectivity index (χ1) is 6.74. The van der Waals surface area contributed by atoms with E-state index in [2.05, 4.69) is 5.32 Å². The summed E-state index contributed by atoms with van der Waals surface area (Å²) in [4.78, 5) is 12.0. The molecule has 0 saturated carbocycles. The summed E-state index contributed by atoms with van der Waals surface area (Å²) < 4.78 is 0. The van der Waals surface area contributed by atoms with Crippen LogP contribution in [0, 0.1) is 0 Å². The van der Waals surface area contributed by atoms with Gasteiger partial charge in [-0.2, -0.15) is 0 Å². The molecule has 4 nitrogen and oxygen atoms in total. The van der Waals surface area contributed by atoms with Crippen LogP contribution in [0.1, 0.15) is 21.0 Å². The highest BCUT2D eigenvalue weighted by Gasteiger charge is 2.05. The summed E-state index contributed by atoms with van der Waals surface area (Å²) in [5.41, 5.74) is 5.34. The molecule has 0 bridgehead atoms. The molecule has 0 aliphatic carbocycles. The predicted molar refractivity (Wildman–Crippen MR) is 56.7 cm³/mol. The Morgan fingerprint density at radius 2 is 2.36 bits per heavy atom. The van der Waals surface area contributed by atoms with Crippen LogP contribution >= 0.6 is 11.3 Å². The zero-order valence-corrected chi connectivity index (χ0v) is 8.64. The van der Waals surface area contributed by atoms with Crippen LogP contribution in [0.4, 0.5) is 0 Å². The molecule has 1 heterocycles. The van der Waals surface area contributed by atoms with Crippen molar-refractivity contribution in [1.82, 2.24) is 5.32 Å². The topological polar surface area (TPSA) is 75.3 Å². The fraction of sp³-hybridized carbons (Fsp3) is 0.444. The third-order valence-corrected chi connectivity index (χ3v) is 2.80. The number of hydrogen-bond acceptors (Lipinski definition) is 4. The summed E-state index contributed by atoms with van der Waals surface area (Å²) in [7, 11) is 0. The van der Waals surface area contributed by atoms with Gasteiger partial charge in [-0.3, -0.25) is 0 Å². The largest absolute Gasteiger partial charge is 0.477 e. The van der Waals surface area contributed by atoms with Crippen molar-refractivity contribution in [2.75, 3.05) is 13.1 Å². The second kappa shape index (κ2) is 5.74. The third kappa shape index (κ3) is 3.45. The second-order valence-electron chi connectivity index (χ2n) is 2.89. The molecular weight excluding hydrogens is 200 g/mol. The Kier molecular flexibility index (Phi) is 4.58. The average Bonchev–Trinajstić information content (AvgIpc) is 2.61. The van der Waals surface area contributed by atoms with Gasteiger partial charge in [0.15, 0.2) is 0 Å². The van der Waals surface area contributed by atoms with E-state index in [0.29, 0.717) is 11.4 Å². The van der Waals surface area contributed by atoms with Crippen molar-refractivity contribution in [3.05, 3.63) is 21.9 Å². The molecule has 0 atom stereocenters. The summed E-state index contributed by atoms with van der Waals surface area (Å²) in [5, 5.41) is 11.9. The third-order valence-electron chi connectivity index (χ3n) is 1.73. The smallest absolute Gasteiger partial charge is 0.345 e. The second-order valence-corrected chi connectivity index (χ2v) is 4.06. The van der Waals surface area contributed by atoms with E-state index in [1.807, 2.05) is 6.07 Å². The standard InChI is InChI=1S/C9H14N2O2S/c10-4-1-5-11-6-7-2-3-8(14-7)9(12)13/h2-3,11H,1,4-6,10H2,(H,12,13). The van der Waals surface area contributed by atoms with Crippen LogP contribution in [0.5, 0.6) is 0 Å². The van der Waals surface area contributed by atoms with E-state index in [4.69, 9.17) is 10.8 Å². The van der Waals surface area contributed by atoms with Crippen molar-refractivity contribution in [2.24, 2.45) is 5.73 Å². The highest BCUT2D eigenvalue weighted by atomic mass is 32.1. The Labute approximate surface area is 86.7 Å². The Balaban J connectivity index is 2.33. The van der Waals surface area contributed by atoms with E-state index < -0.39 is 5.97 Å². The fourth-order valence-electron chi connectivity index (χ4n) is 1.03. The van der Waals surface area contributed by atoms with Gasteiger partial charge < -0.3 is 16.2 Å². The van der Waals surface area contributed by atoms with Crippen molar-refractivity contribution >= 4 is 17.3 Å². The normalized spacial score (nSPS) is 10.4. The number of thiophene rings is 1. The number of rotatable bonds is 6. The minimum Gasteiger partial charge on any atom is -0.477 e. The molecular formula is C9H14N2O2S. The van der Waals surface area contributed by atoms with Crippen LogP contribution < -0.4 is 11.1 Å². The van der Waals surface area contributed by atoms with Crippen LogP contribution in [0.25, 0.3) is 0 Å². The van der Waals surface area contributed by atoms with Crippen LogP contribution in [0.15, 0.2) is 12.1 Å². The summed E-state index contributed by atoms with van der Waals surface area (Å²) in [6, 6.07) is 3.47. The van der Waals surface area contributed by atoms with Gasteiger partial charge in [0.05, 0.1) is 0 Å². The van der Waals surface area contributed by atoms with E-state index in [1.54, 1.807) is 6.07 Å². The first-order valence-electron chi connectivity index (χ1n) is 4.47. The zero-order chi connectivity index (χ0) is 10.4. The van der Waals surface area contributed by atoms with Gasteiger partial charge in [-0.05, 0) is 31.6 Å². The maximum atomic E-state index is 10.6. The molecule has 1 aromatic rings. The average molecular weight is 214 g/mol. The first-order valence-corrected chi connectivity index (χ1v) is 5.28. The molecule has 0 spiro atoms. The Morgan fingerprint density at radius 1 is 1.57 bits per heavy atom. The molecule has 1 rings (SSSR count). The monoisotopic (exact) mass is 214 g/mol. The van der Waals surface area contributed by atoms with Gasteiger partial charge in [0.2, 0.25) is 0 Å². The van der Waals surface area contributed by atoms with Gasteiger partial charge >= 0.3 is 5.97 Å². The molecule has 0 aliphatic heterocycles. The molecule has 0 unspecified atom stereocenters. The highest BCUT2D eigenvalue weighted by Crippen LogP contribution is 2.15. The number of carboxylic acid groups (broad SMARTS) is 1. The molecule has 0 amide bonds. The number of nitrogens with one attached hydrogen (secondary N) is 1. The molecule has 14 heavy (non-hydrogen) atoms. The summed E-state index contributed by atoms with van der Waals surface area (Å²) in [5.74, 6) is -0.858. The molecule has 78 valence electrons. The highest BCUT2D eigenvalue weighted by molar-refractivity contribution is 7.13. The van der Waals surface area contributed by atoms with Gasteiger partial charge in [-0.25, -0.2) is 4.79 Å². The number of hydrogen-bond donors (Lipinski definition) is 3. The maximum Gasteiger partial charge on any atom is 0.345 e. The molecule has 1 aromatic heterocycles. The number of carboxylic acids is 1. The first kappa shape index (κ1) is 11.2. The molecule has 0 aliphatic rings. The van der Waals surface area contributed by atoms with E-state index in [0.717, 1.165) is 24.4 Å². The molecule has 0 saturated heterocycles. The molecule has 0 aromatic carbocycles. The van der Waals surface area contributed by atoms with Gasteiger partial charge in [-0.15, -0.1) is 11.3 Å².